The molecular formula is C23H31ClN4O2. The van der Waals surface area contributed by atoms with Gasteiger partial charge in [0.1, 0.15) is 5.75 Å². The molecule has 7 heteroatoms. The van der Waals surface area contributed by atoms with Crippen LogP contribution in [0.25, 0.3) is 0 Å². The number of ether oxygens (including phenoxy) is 1. The number of piperazine rings is 1. The minimum absolute atomic E-state index is 0.00156. The topological polar surface area (TPSA) is 48.1 Å². The molecule has 0 radical (unpaired) electrons. The highest BCUT2D eigenvalue weighted by molar-refractivity contribution is 6.21. The van der Waals surface area contributed by atoms with Crippen molar-refractivity contribution in [3.8, 4) is 5.75 Å². The van der Waals surface area contributed by atoms with Crippen molar-refractivity contribution in [2.75, 3.05) is 65.0 Å². The van der Waals surface area contributed by atoms with Gasteiger partial charge in [-0.05, 0) is 24.3 Å². The number of rotatable bonds is 9. The minimum Gasteiger partial charge on any atom is -0.495 e. The Labute approximate surface area is 184 Å². The van der Waals surface area contributed by atoms with E-state index in [4.69, 9.17) is 16.3 Å². The molecule has 1 N–H and O–H groups in total. The van der Waals surface area contributed by atoms with E-state index in [1.165, 1.54) is 0 Å². The van der Waals surface area contributed by atoms with E-state index in [-0.39, 0.29) is 11.3 Å². The number of benzene rings is 2. The quantitative estimate of drug-likeness (QED) is 0.489. The molecule has 3 rings (SSSR count). The monoisotopic (exact) mass is 430 g/mol. The van der Waals surface area contributed by atoms with E-state index in [9.17, 15) is 4.79 Å². The molecule has 1 heterocycles. The van der Waals surface area contributed by atoms with Crippen LogP contribution in [0.3, 0.4) is 0 Å². The molecule has 1 aliphatic heterocycles. The van der Waals surface area contributed by atoms with Crippen LogP contribution in [0, 0.1) is 0 Å². The van der Waals surface area contributed by atoms with Crippen LogP contribution in [0.5, 0.6) is 5.75 Å². The molecule has 0 aliphatic carbocycles. The number of hydrogen-bond donors (Lipinski definition) is 1. The van der Waals surface area contributed by atoms with Gasteiger partial charge in [0, 0.05) is 51.9 Å². The Morgan fingerprint density at radius 2 is 1.77 bits per heavy atom. The Hall–Kier alpha value is -2.28. The third-order valence-corrected chi connectivity index (χ3v) is 5.63. The number of methoxy groups -OCH3 is 1. The fourth-order valence-corrected chi connectivity index (χ4v) is 3.97. The van der Waals surface area contributed by atoms with E-state index in [0.29, 0.717) is 18.8 Å². The Balaban J connectivity index is 1.37. The molecule has 162 valence electrons. The molecule has 2 aromatic rings. The van der Waals surface area contributed by atoms with E-state index >= 15 is 0 Å². The first-order valence-electron chi connectivity index (χ1n) is 10.3. The molecule has 0 aromatic heterocycles. The van der Waals surface area contributed by atoms with Crippen molar-refractivity contribution in [2.45, 2.75) is 5.38 Å². The number of amides is 1. The van der Waals surface area contributed by atoms with Gasteiger partial charge >= 0.3 is 0 Å². The number of alkyl halides is 1. The molecule has 2 aromatic carbocycles. The van der Waals surface area contributed by atoms with Crippen LogP contribution < -0.4 is 15.0 Å². The summed E-state index contributed by atoms with van der Waals surface area (Å²) < 4.78 is 5.49. The largest absolute Gasteiger partial charge is 0.495 e. The molecule has 1 atom stereocenters. The Bertz CT molecular complexity index is 797. The highest BCUT2D eigenvalue weighted by Gasteiger charge is 2.21. The number of nitrogens with one attached hydrogen (secondary N) is 1. The van der Waals surface area contributed by atoms with Gasteiger partial charge in [-0.1, -0.05) is 30.3 Å². The summed E-state index contributed by atoms with van der Waals surface area (Å²) in [6.07, 6.45) is 0. The van der Waals surface area contributed by atoms with Crippen molar-refractivity contribution in [1.82, 2.24) is 15.1 Å². The van der Waals surface area contributed by atoms with Crippen LogP contribution in [0.15, 0.2) is 54.6 Å². The number of hydrogen-bond acceptors (Lipinski definition) is 5. The summed E-state index contributed by atoms with van der Waals surface area (Å²) in [5, 5.41) is 3.28. The Morgan fingerprint density at radius 1 is 1.10 bits per heavy atom. The van der Waals surface area contributed by atoms with Gasteiger partial charge in [0.25, 0.3) is 5.91 Å². The first-order chi connectivity index (χ1) is 14.6. The predicted octanol–water partition coefficient (Wildman–Crippen LogP) is 2.74. The number of halogens is 1. The molecule has 6 nitrogen and oxygen atoms in total. The molecule has 1 aliphatic rings. The summed E-state index contributed by atoms with van der Waals surface area (Å²) in [6.45, 7) is 5.78. The van der Waals surface area contributed by atoms with Crippen LogP contribution in [-0.2, 0) is 0 Å². The van der Waals surface area contributed by atoms with Crippen molar-refractivity contribution in [1.29, 1.82) is 0 Å². The summed E-state index contributed by atoms with van der Waals surface area (Å²) in [5.41, 5.74) is 1.84. The summed E-state index contributed by atoms with van der Waals surface area (Å²) in [4.78, 5) is 18.8. The first kappa shape index (κ1) is 22.4. The maximum absolute atomic E-state index is 12.4. The zero-order valence-electron chi connectivity index (χ0n) is 17.8. The van der Waals surface area contributed by atoms with E-state index < -0.39 is 0 Å². The molecule has 0 saturated carbocycles. The van der Waals surface area contributed by atoms with Gasteiger partial charge in [-0.2, -0.15) is 0 Å². The molecule has 1 fully saturated rings. The van der Waals surface area contributed by atoms with Crippen molar-refractivity contribution in [3.05, 3.63) is 60.2 Å². The highest BCUT2D eigenvalue weighted by Crippen LogP contribution is 2.28. The molecule has 1 unspecified atom stereocenters. The van der Waals surface area contributed by atoms with Gasteiger partial charge in [0.2, 0.25) is 0 Å². The Kier molecular flexibility index (Phi) is 8.37. The van der Waals surface area contributed by atoms with Crippen LogP contribution in [0.1, 0.15) is 10.4 Å². The summed E-state index contributed by atoms with van der Waals surface area (Å²) in [7, 11) is 3.51. The second kappa shape index (κ2) is 11.2. The SMILES string of the molecule is COc1ccccc1N1CCN(CC(Cl)CNCN(C)C(=O)c2ccccc2)CC1. The highest BCUT2D eigenvalue weighted by atomic mass is 35.5. The zero-order chi connectivity index (χ0) is 21.3. The molecule has 30 heavy (non-hydrogen) atoms. The molecular weight excluding hydrogens is 400 g/mol. The summed E-state index contributed by atoms with van der Waals surface area (Å²) in [6, 6.07) is 17.5. The van der Waals surface area contributed by atoms with E-state index in [1.54, 1.807) is 19.1 Å². The smallest absolute Gasteiger partial charge is 0.254 e. The predicted molar refractivity (Wildman–Crippen MR) is 123 cm³/mol. The normalized spacial score (nSPS) is 15.6. The number of carbonyl (C=O) groups is 1. The average molecular weight is 431 g/mol. The fourth-order valence-electron chi connectivity index (χ4n) is 3.67. The van der Waals surface area contributed by atoms with Crippen LogP contribution in [0.4, 0.5) is 5.69 Å². The molecule has 1 saturated heterocycles. The van der Waals surface area contributed by atoms with Gasteiger partial charge in [-0.25, -0.2) is 0 Å². The maximum atomic E-state index is 12.4. The van der Waals surface area contributed by atoms with E-state index in [1.807, 2.05) is 48.5 Å². The summed E-state index contributed by atoms with van der Waals surface area (Å²) >= 11 is 6.55. The lowest BCUT2D eigenvalue weighted by molar-refractivity contribution is 0.0783. The van der Waals surface area contributed by atoms with Crippen molar-refractivity contribution in [2.24, 2.45) is 0 Å². The van der Waals surface area contributed by atoms with Gasteiger partial charge in [-0.3, -0.25) is 15.0 Å². The Morgan fingerprint density at radius 3 is 2.47 bits per heavy atom. The number of anilines is 1. The average Bonchev–Trinajstić information content (AvgIpc) is 2.79. The number of carbonyl (C=O) groups excluding carboxylic acids is 1. The molecule has 0 bridgehead atoms. The maximum Gasteiger partial charge on any atom is 0.254 e. The van der Waals surface area contributed by atoms with Crippen molar-refractivity contribution in [3.63, 3.8) is 0 Å². The van der Waals surface area contributed by atoms with E-state index in [0.717, 1.165) is 44.2 Å². The van der Waals surface area contributed by atoms with Crippen LogP contribution in [0.2, 0.25) is 0 Å². The number of para-hydroxylation sites is 2. The molecule has 0 spiro atoms. The second-order valence-electron chi connectivity index (χ2n) is 7.54. The van der Waals surface area contributed by atoms with Gasteiger partial charge in [0.15, 0.2) is 0 Å². The van der Waals surface area contributed by atoms with Crippen molar-refractivity contribution >= 4 is 23.2 Å². The lowest BCUT2D eigenvalue weighted by atomic mass is 10.2. The van der Waals surface area contributed by atoms with E-state index in [2.05, 4.69) is 21.2 Å². The minimum atomic E-state index is -0.0111. The summed E-state index contributed by atoms with van der Waals surface area (Å²) in [5.74, 6) is 0.918. The molecule has 1 amide bonds. The third kappa shape index (κ3) is 6.11. The second-order valence-corrected chi connectivity index (χ2v) is 8.16. The lowest BCUT2D eigenvalue weighted by Gasteiger charge is -2.37. The van der Waals surface area contributed by atoms with Gasteiger partial charge < -0.3 is 14.5 Å². The van der Waals surface area contributed by atoms with Gasteiger partial charge in [0.05, 0.1) is 24.8 Å². The third-order valence-electron chi connectivity index (χ3n) is 5.34. The fraction of sp³-hybridized carbons (Fsp3) is 0.435. The first-order valence-corrected chi connectivity index (χ1v) is 10.8. The van der Waals surface area contributed by atoms with Crippen molar-refractivity contribution < 1.29 is 9.53 Å². The van der Waals surface area contributed by atoms with Crippen LogP contribution >= 0.6 is 11.6 Å². The standard InChI is InChI=1S/C23H31ClN4O2/c1-26(23(29)19-8-4-3-5-9-19)18-25-16-20(24)17-27-12-14-28(15-13-27)21-10-6-7-11-22(21)30-2/h3-11,20,25H,12-18H2,1-2H3. The van der Waals surface area contributed by atoms with Gasteiger partial charge in [-0.15, -0.1) is 11.6 Å². The lowest BCUT2D eigenvalue weighted by Crippen LogP contribution is -2.49. The number of nitrogens with zero attached hydrogens (tertiary/aromatic N) is 3. The van der Waals surface area contributed by atoms with Crippen LogP contribution in [-0.4, -0.2) is 81.2 Å². The zero-order valence-corrected chi connectivity index (χ0v) is 18.5.